The van der Waals surface area contributed by atoms with E-state index < -0.39 is 5.97 Å². The molecule has 3 fully saturated rings. The van der Waals surface area contributed by atoms with Gasteiger partial charge in [0.25, 0.3) is 0 Å². The predicted molar refractivity (Wildman–Crippen MR) is 75.8 cm³/mol. The number of hydrogen-bond acceptors (Lipinski definition) is 4. The number of nitrogens with one attached hydrogen (secondary N) is 1. The van der Waals surface area contributed by atoms with E-state index in [1.54, 1.807) is 0 Å². The van der Waals surface area contributed by atoms with Gasteiger partial charge in [-0.05, 0) is 32.2 Å². The maximum absolute atomic E-state index is 12.9. The molecule has 3 saturated heterocycles. The molecule has 0 spiro atoms. The summed E-state index contributed by atoms with van der Waals surface area (Å²) in [5.41, 5.74) is 0. The van der Waals surface area contributed by atoms with Crippen LogP contribution in [0.15, 0.2) is 0 Å². The van der Waals surface area contributed by atoms with Crippen molar-refractivity contribution < 1.29 is 19.4 Å². The van der Waals surface area contributed by atoms with Crippen LogP contribution in [0.4, 0.5) is 0 Å². The van der Waals surface area contributed by atoms with Gasteiger partial charge in [0.15, 0.2) is 0 Å². The Hall–Kier alpha value is -1.14. The monoisotopic (exact) mass is 296 g/mol. The number of ether oxygens (including phenoxy) is 1. The third-order valence-corrected chi connectivity index (χ3v) is 5.16. The van der Waals surface area contributed by atoms with Crippen LogP contribution < -0.4 is 5.32 Å². The molecule has 0 aromatic heterocycles. The predicted octanol–water partition coefficient (Wildman–Crippen LogP) is 0.465. The molecule has 3 aliphatic heterocycles. The molecule has 21 heavy (non-hydrogen) atoms. The van der Waals surface area contributed by atoms with E-state index >= 15 is 0 Å². The smallest absolute Gasteiger partial charge is 0.308 e. The zero-order valence-electron chi connectivity index (χ0n) is 12.5. The fourth-order valence-corrected chi connectivity index (χ4v) is 4.12. The first-order chi connectivity index (χ1) is 10.1. The van der Waals surface area contributed by atoms with Crippen LogP contribution in [0.2, 0.25) is 0 Å². The van der Waals surface area contributed by atoms with Crippen molar-refractivity contribution in [1.29, 1.82) is 0 Å². The van der Waals surface area contributed by atoms with Crippen molar-refractivity contribution >= 4 is 11.9 Å². The maximum atomic E-state index is 12.9. The molecule has 0 aromatic rings. The van der Waals surface area contributed by atoms with Crippen LogP contribution in [-0.2, 0) is 14.3 Å². The molecule has 3 aliphatic rings. The van der Waals surface area contributed by atoms with Crippen molar-refractivity contribution in [1.82, 2.24) is 10.2 Å². The van der Waals surface area contributed by atoms with Crippen LogP contribution in [0.3, 0.4) is 0 Å². The molecular weight excluding hydrogens is 272 g/mol. The van der Waals surface area contributed by atoms with Gasteiger partial charge in [-0.1, -0.05) is 6.92 Å². The van der Waals surface area contributed by atoms with E-state index in [0.29, 0.717) is 19.6 Å². The summed E-state index contributed by atoms with van der Waals surface area (Å²) in [4.78, 5) is 26.0. The number of hydrogen-bond donors (Lipinski definition) is 2. The average Bonchev–Trinajstić information content (AvgIpc) is 3.17. The minimum atomic E-state index is -0.761. The van der Waals surface area contributed by atoms with Gasteiger partial charge in [-0.2, -0.15) is 0 Å². The minimum absolute atomic E-state index is 0.0701. The van der Waals surface area contributed by atoms with Crippen LogP contribution >= 0.6 is 0 Å². The second-order valence-electron chi connectivity index (χ2n) is 6.43. The summed E-state index contributed by atoms with van der Waals surface area (Å²) in [6.45, 7) is 4.00. The molecular formula is C15H24N2O4. The summed E-state index contributed by atoms with van der Waals surface area (Å²) in [5.74, 6) is -1.20. The summed E-state index contributed by atoms with van der Waals surface area (Å²) in [6, 6.07) is 0.0872. The quantitative estimate of drug-likeness (QED) is 0.771. The number of fused-ring (bicyclic) bond motifs is 2. The Morgan fingerprint density at radius 3 is 2.76 bits per heavy atom. The first kappa shape index (κ1) is 14.8. The summed E-state index contributed by atoms with van der Waals surface area (Å²) in [5, 5.41) is 12.7. The number of nitrogens with zero attached hydrogens (tertiary/aromatic N) is 1. The highest BCUT2D eigenvalue weighted by Gasteiger charge is 2.53. The van der Waals surface area contributed by atoms with Gasteiger partial charge in [0.2, 0.25) is 5.91 Å². The zero-order chi connectivity index (χ0) is 15.0. The van der Waals surface area contributed by atoms with Crippen molar-refractivity contribution in [3.05, 3.63) is 0 Å². The summed E-state index contributed by atoms with van der Waals surface area (Å²) >= 11 is 0. The van der Waals surface area contributed by atoms with E-state index in [2.05, 4.69) is 12.2 Å². The first-order valence-electron chi connectivity index (χ1n) is 7.99. The van der Waals surface area contributed by atoms with E-state index in [0.717, 1.165) is 25.8 Å². The van der Waals surface area contributed by atoms with Crippen molar-refractivity contribution in [3.8, 4) is 0 Å². The topological polar surface area (TPSA) is 78.9 Å². The SMILES string of the molecule is CCCNC1COCC1C(=O)N1C2CCC1C(C(=O)O)C2. The lowest BCUT2D eigenvalue weighted by Crippen LogP contribution is -2.48. The van der Waals surface area contributed by atoms with Crippen LogP contribution in [-0.4, -0.2) is 59.8 Å². The molecule has 3 heterocycles. The number of carboxylic acid groups (broad SMARTS) is 1. The molecule has 0 saturated carbocycles. The van der Waals surface area contributed by atoms with Crippen molar-refractivity contribution in [2.75, 3.05) is 19.8 Å². The van der Waals surface area contributed by atoms with E-state index in [1.807, 2.05) is 4.90 Å². The molecule has 6 nitrogen and oxygen atoms in total. The van der Waals surface area contributed by atoms with Gasteiger partial charge in [-0.25, -0.2) is 0 Å². The van der Waals surface area contributed by atoms with E-state index in [4.69, 9.17) is 4.74 Å². The number of rotatable bonds is 5. The number of carbonyl (C=O) groups excluding carboxylic acids is 1. The second kappa shape index (κ2) is 5.93. The molecule has 6 heteroatoms. The van der Waals surface area contributed by atoms with Gasteiger partial charge in [0, 0.05) is 18.1 Å². The number of aliphatic carboxylic acids is 1. The average molecular weight is 296 g/mol. The van der Waals surface area contributed by atoms with E-state index in [-0.39, 0.29) is 35.9 Å². The molecule has 2 N–H and O–H groups in total. The number of carboxylic acids is 1. The lowest BCUT2D eigenvalue weighted by Gasteiger charge is -2.28. The molecule has 3 rings (SSSR count). The van der Waals surface area contributed by atoms with Crippen molar-refractivity contribution in [2.45, 2.75) is 50.7 Å². The van der Waals surface area contributed by atoms with Gasteiger partial charge in [-0.15, -0.1) is 0 Å². The van der Waals surface area contributed by atoms with Gasteiger partial charge in [0.1, 0.15) is 0 Å². The minimum Gasteiger partial charge on any atom is -0.481 e. The number of amides is 1. The summed E-state index contributed by atoms with van der Waals surface area (Å²) in [6.07, 6.45) is 3.41. The van der Waals surface area contributed by atoms with E-state index in [9.17, 15) is 14.7 Å². The van der Waals surface area contributed by atoms with Gasteiger partial charge < -0.3 is 20.1 Å². The van der Waals surface area contributed by atoms with Gasteiger partial charge >= 0.3 is 5.97 Å². The molecule has 5 atom stereocenters. The highest BCUT2D eigenvalue weighted by molar-refractivity contribution is 5.83. The number of carbonyl (C=O) groups is 2. The van der Waals surface area contributed by atoms with E-state index in [1.165, 1.54) is 0 Å². The molecule has 1 amide bonds. The Balaban J connectivity index is 1.69. The maximum Gasteiger partial charge on any atom is 0.308 e. The Bertz CT molecular complexity index is 428. The summed E-state index contributed by atoms with van der Waals surface area (Å²) < 4.78 is 5.49. The fourth-order valence-electron chi connectivity index (χ4n) is 4.12. The normalized spacial score (nSPS) is 38.1. The first-order valence-corrected chi connectivity index (χ1v) is 7.99. The zero-order valence-corrected chi connectivity index (χ0v) is 12.5. The van der Waals surface area contributed by atoms with Crippen LogP contribution in [0.25, 0.3) is 0 Å². The summed E-state index contributed by atoms with van der Waals surface area (Å²) in [7, 11) is 0. The standard InChI is InChI=1S/C15H24N2O4/c1-2-5-16-12-8-21-7-11(12)14(18)17-9-3-4-13(17)10(6-9)15(19)20/h9-13,16H,2-8H2,1H3,(H,19,20). The Labute approximate surface area is 124 Å². The molecule has 5 unspecified atom stereocenters. The second-order valence-corrected chi connectivity index (χ2v) is 6.43. The lowest BCUT2D eigenvalue weighted by molar-refractivity contribution is -0.143. The highest BCUT2D eigenvalue weighted by atomic mass is 16.5. The molecule has 2 bridgehead atoms. The molecule has 0 aromatic carbocycles. The molecule has 0 radical (unpaired) electrons. The lowest BCUT2D eigenvalue weighted by atomic mass is 9.89. The highest BCUT2D eigenvalue weighted by Crippen LogP contribution is 2.43. The van der Waals surface area contributed by atoms with Gasteiger partial charge in [-0.3, -0.25) is 9.59 Å². The Kier molecular flexibility index (Phi) is 4.17. The Morgan fingerprint density at radius 1 is 1.29 bits per heavy atom. The third-order valence-electron chi connectivity index (χ3n) is 5.16. The fraction of sp³-hybridized carbons (Fsp3) is 0.867. The van der Waals surface area contributed by atoms with Crippen LogP contribution in [0.5, 0.6) is 0 Å². The van der Waals surface area contributed by atoms with Crippen LogP contribution in [0, 0.1) is 11.8 Å². The molecule has 0 aliphatic carbocycles. The van der Waals surface area contributed by atoms with Gasteiger partial charge in [0.05, 0.1) is 25.0 Å². The Morgan fingerprint density at radius 2 is 2.10 bits per heavy atom. The third kappa shape index (κ3) is 2.55. The largest absolute Gasteiger partial charge is 0.481 e. The van der Waals surface area contributed by atoms with Crippen molar-refractivity contribution in [3.63, 3.8) is 0 Å². The van der Waals surface area contributed by atoms with Crippen molar-refractivity contribution in [2.24, 2.45) is 11.8 Å². The molecule has 118 valence electrons. The van der Waals surface area contributed by atoms with Crippen LogP contribution in [0.1, 0.15) is 32.6 Å².